The Kier molecular flexibility index (Phi) is 3.88. The number of nitrogens with one attached hydrogen (secondary N) is 1. The van der Waals surface area contributed by atoms with E-state index < -0.39 is 0 Å². The highest BCUT2D eigenvalue weighted by Crippen LogP contribution is 2.47. The molecule has 1 aliphatic carbocycles. The summed E-state index contributed by atoms with van der Waals surface area (Å²) in [7, 11) is 0. The number of thiophene rings is 1. The van der Waals surface area contributed by atoms with Crippen LogP contribution < -0.4 is 5.43 Å². The maximum Gasteiger partial charge on any atom is 0.243 e. The molecule has 1 fully saturated rings. The van der Waals surface area contributed by atoms with Crippen LogP contribution in [0.25, 0.3) is 0 Å². The van der Waals surface area contributed by atoms with Crippen molar-refractivity contribution in [3.05, 3.63) is 57.8 Å². The van der Waals surface area contributed by atoms with Crippen molar-refractivity contribution in [3.63, 3.8) is 0 Å². The van der Waals surface area contributed by atoms with Crippen molar-refractivity contribution in [2.24, 2.45) is 11.0 Å². The largest absolute Gasteiger partial charge is 0.273 e. The van der Waals surface area contributed by atoms with Gasteiger partial charge < -0.3 is 0 Å². The summed E-state index contributed by atoms with van der Waals surface area (Å²) in [4.78, 5) is 14.5. The lowest BCUT2D eigenvalue weighted by Crippen LogP contribution is -2.21. The van der Waals surface area contributed by atoms with Crippen LogP contribution >= 0.6 is 11.3 Å². The molecule has 2 aromatic rings. The van der Waals surface area contributed by atoms with Crippen molar-refractivity contribution in [2.45, 2.75) is 26.2 Å². The fraction of sp³-hybridized carbons (Fsp3) is 0.294. The Morgan fingerprint density at radius 3 is 2.67 bits per heavy atom. The summed E-state index contributed by atoms with van der Waals surface area (Å²) in [6.45, 7) is 3.99. The lowest BCUT2D eigenvalue weighted by molar-refractivity contribution is -0.122. The number of aryl methyl sites for hydroxylation is 1. The van der Waals surface area contributed by atoms with E-state index in [-0.39, 0.29) is 11.8 Å². The molecule has 1 amide bonds. The van der Waals surface area contributed by atoms with Crippen LogP contribution in [0.15, 0.2) is 47.6 Å². The Morgan fingerprint density at radius 2 is 2.00 bits per heavy atom. The quantitative estimate of drug-likeness (QED) is 0.678. The van der Waals surface area contributed by atoms with Crippen LogP contribution in [-0.2, 0) is 4.79 Å². The number of carbonyl (C=O) groups is 1. The summed E-state index contributed by atoms with van der Waals surface area (Å²) in [5, 5.41) is 4.22. The summed E-state index contributed by atoms with van der Waals surface area (Å²) in [6, 6.07) is 14.3. The fourth-order valence-electron chi connectivity index (χ4n) is 2.46. The number of benzene rings is 1. The van der Waals surface area contributed by atoms with Crippen LogP contribution in [0.2, 0.25) is 0 Å². The molecule has 1 heterocycles. The molecule has 1 aromatic carbocycles. The summed E-state index contributed by atoms with van der Waals surface area (Å²) < 4.78 is 0. The third-order valence-electron chi connectivity index (χ3n) is 3.79. The Morgan fingerprint density at radius 1 is 1.24 bits per heavy atom. The summed E-state index contributed by atoms with van der Waals surface area (Å²) in [5.74, 6) is 0.441. The van der Waals surface area contributed by atoms with E-state index >= 15 is 0 Å². The number of hydrazone groups is 1. The van der Waals surface area contributed by atoms with E-state index in [1.165, 1.54) is 10.4 Å². The molecule has 1 N–H and O–H groups in total. The van der Waals surface area contributed by atoms with Gasteiger partial charge in [0, 0.05) is 10.8 Å². The van der Waals surface area contributed by atoms with Gasteiger partial charge in [0.1, 0.15) is 0 Å². The van der Waals surface area contributed by atoms with Gasteiger partial charge in [-0.25, -0.2) is 5.43 Å². The van der Waals surface area contributed by atoms with E-state index in [0.717, 1.165) is 17.0 Å². The molecule has 2 atom stereocenters. The molecule has 0 spiro atoms. The zero-order chi connectivity index (χ0) is 14.8. The van der Waals surface area contributed by atoms with Crippen LogP contribution in [-0.4, -0.2) is 11.6 Å². The Balaban J connectivity index is 1.58. The van der Waals surface area contributed by atoms with Crippen molar-refractivity contribution in [3.8, 4) is 0 Å². The Bertz CT molecular complexity index is 675. The van der Waals surface area contributed by atoms with Crippen molar-refractivity contribution < 1.29 is 4.79 Å². The summed E-state index contributed by atoms with van der Waals surface area (Å²) in [6.07, 6.45) is 0.919. The molecular weight excluding hydrogens is 280 g/mol. The minimum Gasteiger partial charge on any atom is -0.273 e. The topological polar surface area (TPSA) is 41.5 Å². The number of amides is 1. The summed E-state index contributed by atoms with van der Waals surface area (Å²) in [5.41, 5.74) is 4.81. The van der Waals surface area contributed by atoms with E-state index in [1.54, 1.807) is 11.3 Å². The average molecular weight is 298 g/mol. The first kappa shape index (κ1) is 14.0. The van der Waals surface area contributed by atoms with Crippen LogP contribution in [0.5, 0.6) is 0 Å². The fourth-order valence-corrected chi connectivity index (χ4v) is 3.27. The van der Waals surface area contributed by atoms with E-state index in [0.29, 0.717) is 5.92 Å². The molecule has 1 saturated carbocycles. The molecule has 4 heteroatoms. The third-order valence-corrected chi connectivity index (χ3v) is 4.90. The van der Waals surface area contributed by atoms with E-state index in [2.05, 4.69) is 35.7 Å². The lowest BCUT2D eigenvalue weighted by Gasteiger charge is -2.01. The normalized spacial score (nSPS) is 21.1. The number of nitrogens with zero attached hydrogens (tertiary/aromatic N) is 1. The standard InChI is InChI=1S/C17H18N2OS/c1-11-8-9-16(21-11)12(2)18-19-17(20)15-10-14(15)13-6-4-3-5-7-13/h3-9,14-15H,10H2,1-2H3,(H,19,20)/b18-12-/t14-,15+/m1/s1. The molecular formula is C17H18N2OS. The summed E-state index contributed by atoms with van der Waals surface area (Å²) >= 11 is 1.69. The second-order valence-corrected chi connectivity index (χ2v) is 6.73. The van der Waals surface area contributed by atoms with Gasteiger partial charge in [-0.3, -0.25) is 4.79 Å². The van der Waals surface area contributed by atoms with Gasteiger partial charge in [-0.15, -0.1) is 11.3 Å². The number of hydrogen-bond acceptors (Lipinski definition) is 3. The SMILES string of the molecule is C/C(=N/NC(=O)[C@H]1C[C@@H]1c1ccccc1)c1ccc(C)s1. The molecule has 0 bridgehead atoms. The molecule has 108 valence electrons. The molecule has 1 aliphatic rings. The number of hydrogen-bond donors (Lipinski definition) is 1. The first-order valence-corrected chi connectivity index (χ1v) is 7.92. The second-order valence-electron chi connectivity index (χ2n) is 5.44. The molecule has 0 radical (unpaired) electrons. The van der Waals surface area contributed by atoms with Crippen molar-refractivity contribution >= 4 is 23.0 Å². The molecule has 0 unspecified atom stereocenters. The van der Waals surface area contributed by atoms with Gasteiger partial charge in [-0.2, -0.15) is 5.10 Å². The van der Waals surface area contributed by atoms with Crippen LogP contribution in [0.1, 0.15) is 34.6 Å². The van der Waals surface area contributed by atoms with Gasteiger partial charge in [-0.05, 0) is 43.9 Å². The molecule has 0 saturated heterocycles. The Hall–Kier alpha value is -1.94. The molecule has 21 heavy (non-hydrogen) atoms. The predicted molar refractivity (Wildman–Crippen MR) is 86.7 cm³/mol. The minimum atomic E-state index is 0.0245. The van der Waals surface area contributed by atoms with Gasteiger partial charge in [-0.1, -0.05) is 30.3 Å². The molecule has 0 aliphatic heterocycles. The molecule has 1 aromatic heterocycles. The van der Waals surface area contributed by atoms with Gasteiger partial charge in [0.15, 0.2) is 0 Å². The smallest absolute Gasteiger partial charge is 0.243 e. The zero-order valence-electron chi connectivity index (χ0n) is 12.2. The van der Waals surface area contributed by atoms with Crippen molar-refractivity contribution in [2.75, 3.05) is 0 Å². The van der Waals surface area contributed by atoms with Gasteiger partial charge in [0.2, 0.25) is 5.91 Å². The van der Waals surface area contributed by atoms with Crippen LogP contribution in [0.4, 0.5) is 0 Å². The number of rotatable bonds is 4. The van der Waals surface area contributed by atoms with E-state index in [1.807, 2.05) is 31.2 Å². The van der Waals surface area contributed by atoms with Crippen molar-refractivity contribution in [1.82, 2.24) is 5.43 Å². The van der Waals surface area contributed by atoms with Gasteiger partial charge >= 0.3 is 0 Å². The minimum absolute atomic E-state index is 0.0245. The monoisotopic (exact) mass is 298 g/mol. The Labute approximate surface area is 128 Å². The third kappa shape index (κ3) is 3.22. The molecule has 3 rings (SSSR count). The van der Waals surface area contributed by atoms with Gasteiger partial charge in [0.25, 0.3) is 0 Å². The second kappa shape index (κ2) is 5.82. The lowest BCUT2D eigenvalue weighted by atomic mass is 10.1. The maximum absolute atomic E-state index is 12.1. The molecule has 3 nitrogen and oxygen atoms in total. The highest BCUT2D eigenvalue weighted by atomic mass is 32.1. The van der Waals surface area contributed by atoms with Crippen LogP contribution in [0, 0.1) is 12.8 Å². The first-order chi connectivity index (χ1) is 10.1. The zero-order valence-corrected chi connectivity index (χ0v) is 13.0. The predicted octanol–water partition coefficient (Wildman–Crippen LogP) is 3.70. The average Bonchev–Trinajstić information content (AvgIpc) is 3.20. The maximum atomic E-state index is 12.1. The van der Waals surface area contributed by atoms with Crippen molar-refractivity contribution in [1.29, 1.82) is 0 Å². The van der Waals surface area contributed by atoms with Crippen LogP contribution in [0.3, 0.4) is 0 Å². The number of carbonyl (C=O) groups excluding carboxylic acids is 1. The highest BCUT2D eigenvalue weighted by molar-refractivity contribution is 7.14. The highest BCUT2D eigenvalue weighted by Gasteiger charge is 2.43. The van der Waals surface area contributed by atoms with E-state index in [9.17, 15) is 4.79 Å². The first-order valence-electron chi connectivity index (χ1n) is 7.11. The van der Waals surface area contributed by atoms with Gasteiger partial charge in [0.05, 0.1) is 10.6 Å². The van der Waals surface area contributed by atoms with E-state index in [4.69, 9.17) is 0 Å².